The molecule has 2 N–H and O–H groups in total. The van der Waals surface area contributed by atoms with Gasteiger partial charge in [0, 0.05) is 10.6 Å². The van der Waals surface area contributed by atoms with Crippen molar-refractivity contribution in [3.8, 4) is 0 Å². The number of esters is 1. The first-order valence-electron chi connectivity index (χ1n) is 5.78. The molecule has 0 aliphatic heterocycles. The summed E-state index contributed by atoms with van der Waals surface area (Å²) in [5.41, 5.74) is 7.67. The highest BCUT2D eigenvalue weighted by molar-refractivity contribution is 8.00. The summed E-state index contributed by atoms with van der Waals surface area (Å²) >= 11 is 1.43. The van der Waals surface area contributed by atoms with Crippen LogP contribution in [-0.2, 0) is 9.53 Å². The maximum absolute atomic E-state index is 11.4. The standard InChI is InChI=1S/C13H19NO2S/c1-3-4-7-16-13(15)9-17-12-8-10(2)5-6-11(12)14/h5-6,8H,3-4,7,9,14H2,1-2H3. The molecule has 4 heteroatoms. The van der Waals surface area contributed by atoms with Crippen LogP contribution in [0.25, 0.3) is 0 Å². The Bertz CT molecular complexity index is 380. The van der Waals surface area contributed by atoms with E-state index in [1.54, 1.807) is 0 Å². The second kappa shape index (κ2) is 7.22. The fraction of sp³-hybridized carbons (Fsp3) is 0.462. The number of hydrogen-bond donors (Lipinski definition) is 1. The summed E-state index contributed by atoms with van der Waals surface area (Å²) in [5, 5.41) is 0. The summed E-state index contributed by atoms with van der Waals surface area (Å²) in [6, 6.07) is 5.80. The van der Waals surface area contributed by atoms with Crippen LogP contribution in [0, 0.1) is 6.92 Å². The summed E-state index contributed by atoms with van der Waals surface area (Å²) < 4.78 is 5.07. The second-order valence-corrected chi connectivity index (χ2v) is 4.92. The Hall–Kier alpha value is -1.16. The average Bonchev–Trinajstić information content (AvgIpc) is 2.31. The van der Waals surface area contributed by atoms with Gasteiger partial charge >= 0.3 is 5.97 Å². The molecule has 0 unspecified atom stereocenters. The van der Waals surface area contributed by atoms with Crippen LogP contribution in [0.3, 0.4) is 0 Å². The maximum atomic E-state index is 11.4. The van der Waals surface area contributed by atoms with Crippen LogP contribution >= 0.6 is 11.8 Å². The van der Waals surface area contributed by atoms with Gasteiger partial charge in [-0.05, 0) is 31.0 Å². The molecular formula is C13H19NO2S. The highest BCUT2D eigenvalue weighted by atomic mass is 32.2. The molecule has 0 aliphatic rings. The lowest BCUT2D eigenvalue weighted by Crippen LogP contribution is -2.08. The molecule has 0 aliphatic carbocycles. The average molecular weight is 253 g/mol. The minimum Gasteiger partial charge on any atom is -0.465 e. The van der Waals surface area contributed by atoms with Gasteiger partial charge < -0.3 is 10.5 Å². The van der Waals surface area contributed by atoms with Crippen molar-refractivity contribution < 1.29 is 9.53 Å². The van der Waals surface area contributed by atoms with Crippen LogP contribution < -0.4 is 5.73 Å². The molecule has 0 bridgehead atoms. The van der Waals surface area contributed by atoms with Gasteiger partial charge in [0.2, 0.25) is 0 Å². The Labute approximate surface area is 107 Å². The van der Waals surface area contributed by atoms with Crippen LogP contribution in [0.5, 0.6) is 0 Å². The quantitative estimate of drug-likeness (QED) is 0.366. The third-order valence-corrected chi connectivity index (χ3v) is 3.32. The lowest BCUT2D eigenvalue weighted by Gasteiger charge is -2.06. The Morgan fingerprint density at radius 1 is 1.47 bits per heavy atom. The third kappa shape index (κ3) is 5.13. The van der Waals surface area contributed by atoms with Crippen molar-refractivity contribution in [2.24, 2.45) is 0 Å². The van der Waals surface area contributed by atoms with Crippen LogP contribution in [0.4, 0.5) is 5.69 Å². The fourth-order valence-corrected chi connectivity index (χ4v) is 2.14. The molecule has 3 nitrogen and oxygen atoms in total. The number of nitrogen functional groups attached to an aromatic ring is 1. The molecule has 17 heavy (non-hydrogen) atoms. The largest absolute Gasteiger partial charge is 0.465 e. The second-order valence-electron chi connectivity index (χ2n) is 3.90. The summed E-state index contributed by atoms with van der Waals surface area (Å²) in [6.07, 6.45) is 1.95. The van der Waals surface area contributed by atoms with Crippen molar-refractivity contribution in [3.63, 3.8) is 0 Å². The van der Waals surface area contributed by atoms with Gasteiger partial charge in [-0.3, -0.25) is 4.79 Å². The first-order valence-corrected chi connectivity index (χ1v) is 6.76. The zero-order valence-corrected chi connectivity index (χ0v) is 11.2. The van der Waals surface area contributed by atoms with E-state index < -0.39 is 0 Å². The monoisotopic (exact) mass is 253 g/mol. The minimum absolute atomic E-state index is 0.177. The molecule has 0 saturated carbocycles. The van der Waals surface area contributed by atoms with Crippen molar-refractivity contribution in [2.45, 2.75) is 31.6 Å². The van der Waals surface area contributed by atoms with E-state index in [-0.39, 0.29) is 5.97 Å². The van der Waals surface area contributed by atoms with Crippen LogP contribution in [-0.4, -0.2) is 18.3 Å². The highest BCUT2D eigenvalue weighted by Crippen LogP contribution is 2.25. The van der Waals surface area contributed by atoms with Gasteiger partial charge in [0.15, 0.2) is 0 Å². The van der Waals surface area contributed by atoms with Crippen molar-refractivity contribution in [1.82, 2.24) is 0 Å². The van der Waals surface area contributed by atoms with E-state index in [4.69, 9.17) is 10.5 Å². The topological polar surface area (TPSA) is 52.3 Å². The predicted octanol–water partition coefficient (Wildman–Crippen LogP) is 3.01. The highest BCUT2D eigenvalue weighted by Gasteiger charge is 2.06. The number of carbonyl (C=O) groups excluding carboxylic acids is 1. The number of ether oxygens (including phenoxy) is 1. The van der Waals surface area contributed by atoms with Crippen LogP contribution in [0.2, 0.25) is 0 Å². The van der Waals surface area contributed by atoms with Gasteiger partial charge in [-0.2, -0.15) is 0 Å². The van der Waals surface area contributed by atoms with E-state index in [0.29, 0.717) is 18.0 Å². The fourth-order valence-electron chi connectivity index (χ4n) is 1.28. The molecule has 1 aromatic carbocycles. The first kappa shape index (κ1) is 13.9. The van der Waals surface area contributed by atoms with Gasteiger partial charge in [0.05, 0.1) is 12.4 Å². The maximum Gasteiger partial charge on any atom is 0.316 e. The smallest absolute Gasteiger partial charge is 0.316 e. The summed E-state index contributed by atoms with van der Waals surface area (Å²) in [7, 11) is 0. The van der Waals surface area contributed by atoms with Crippen LogP contribution in [0.1, 0.15) is 25.3 Å². The Balaban J connectivity index is 2.39. The van der Waals surface area contributed by atoms with E-state index >= 15 is 0 Å². The van der Waals surface area contributed by atoms with Gasteiger partial charge in [-0.1, -0.05) is 19.4 Å². The zero-order valence-electron chi connectivity index (χ0n) is 10.4. The van der Waals surface area contributed by atoms with Gasteiger partial charge in [0.25, 0.3) is 0 Å². The minimum atomic E-state index is -0.177. The molecule has 0 amide bonds. The molecule has 0 saturated heterocycles. The number of thioether (sulfide) groups is 1. The lowest BCUT2D eigenvalue weighted by molar-refractivity contribution is -0.140. The van der Waals surface area contributed by atoms with E-state index in [0.717, 1.165) is 23.3 Å². The molecule has 0 atom stereocenters. The normalized spacial score (nSPS) is 10.2. The summed E-state index contributed by atoms with van der Waals surface area (Å²) in [4.78, 5) is 12.3. The number of anilines is 1. The van der Waals surface area contributed by atoms with Gasteiger partial charge in [0.1, 0.15) is 0 Å². The molecule has 0 fully saturated rings. The molecular weight excluding hydrogens is 234 g/mol. The van der Waals surface area contributed by atoms with Crippen molar-refractivity contribution in [3.05, 3.63) is 23.8 Å². The number of rotatable bonds is 6. The van der Waals surface area contributed by atoms with E-state index in [1.165, 1.54) is 11.8 Å². The van der Waals surface area contributed by atoms with Crippen molar-refractivity contribution >= 4 is 23.4 Å². The van der Waals surface area contributed by atoms with E-state index in [1.807, 2.05) is 25.1 Å². The number of benzene rings is 1. The molecule has 0 spiro atoms. The first-order chi connectivity index (χ1) is 8.13. The SMILES string of the molecule is CCCCOC(=O)CSc1cc(C)ccc1N. The number of hydrogen-bond acceptors (Lipinski definition) is 4. The third-order valence-electron chi connectivity index (χ3n) is 2.28. The van der Waals surface area contributed by atoms with Crippen molar-refractivity contribution in [2.75, 3.05) is 18.1 Å². The Morgan fingerprint density at radius 2 is 2.24 bits per heavy atom. The predicted molar refractivity (Wildman–Crippen MR) is 72.2 cm³/mol. The molecule has 1 aromatic rings. The summed E-state index contributed by atoms with van der Waals surface area (Å²) in [5.74, 6) is 0.140. The molecule has 1 rings (SSSR count). The Kier molecular flexibility index (Phi) is 5.91. The number of unbranched alkanes of at least 4 members (excludes halogenated alkanes) is 1. The van der Waals surface area contributed by atoms with Crippen molar-refractivity contribution in [1.29, 1.82) is 0 Å². The summed E-state index contributed by atoms with van der Waals surface area (Å²) in [6.45, 7) is 4.58. The number of aryl methyl sites for hydroxylation is 1. The van der Waals surface area contributed by atoms with Crippen LogP contribution in [0.15, 0.2) is 23.1 Å². The van der Waals surface area contributed by atoms with Gasteiger partial charge in [-0.25, -0.2) is 0 Å². The molecule has 0 radical (unpaired) electrons. The molecule has 0 heterocycles. The Morgan fingerprint density at radius 3 is 2.94 bits per heavy atom. The van der Waals surface area contributed by atoms with E-state index in [2.05, 4.69) is 6.92 Å². The lowest BCUT2D eigenvalue weighted by atomic mass is 10.2. The van der Waals surface area contributed by atoms with E-state index in [9.17, 15) is 4.79 Å². The number of nitrogens with two attached hydrogens (primary N) is 1. The molecule has 0 aromatic heterocycles. The number of carbonyl (C=O) groups is 1. The van der Waals surface area contributed by atoms with Gasteiger partial charge in [-0.15, -0.1) is 11.8 Å². The molecule has 94 valence electrons. The zero-order chi connectivity index (χ0) is 12.7.